The van der Waals surface area contributed by atoms with Crippen LogP contribution in [0.15, 0.2) is 18.3 Å². The van der Waals surface area contributed by atoms with Gasteiger partial charge < -0.3 is 10.2 Å². The predicted octanol–water partition coefficient (Wildman–Crippen LogP) is 1.93. The normalized spacial score (nSPS) is 17.7. The van der Waals surface area contributed by atoms with E-state index < -0.39 is 5.41 Å². The molecule has 2 amide bonds. The monoisotopic (exact) mass is 357 g/mol. The summed E-state index contributed by atoms with van der Waals surface area (Å²) >= 11 is 0. The second kappa shape index (κ2) is 7.05. The zero-order valence-corrected chi connectivity index (χ0v) is 16.0. The molecular formula is C19H27N5O2. The third-order valence-electron chi connectivity index (χ3n) is 4.85. The van der Waals surface area contributed by atoms with E-state index in [2.05, 4.69) is 10.3 Å². The Morgan fingerprint density at radius 1 is 1.35 bits per heavy atom. The maximum atomic E-state index is 12.0. The molecule has 0 aromatic carbocycles. The minimum atomic E-state index is -0.407. The molecule has 1 aliphatic rings. The van der Waals surface area contributed by atoms with Crippen molar-refractivity contribution < 1.29 is 9.59 Å². The lowest BCUT2D eigenvalue weighted by Gasteiger charge is -2.17. The van der Waals surface area contributed by atoms with E-state index in [0.29, 0.717) is 19.6 Å². The Labute approximate surface area is 153 Å². The van der Waals surface area contributed by atoms with E-state index >= 15 is 0 Å². The van der Waals surface area contributed by atoms with Crippen LogP contribution in [0.4, 0.5) is 0 Å². The number of hydrogen-bond acceptors (Lipinski definition) is 4. The van der Waals surface area contributed by atoms with Crippen LogP contribution < -0.4 is 5.32 Å². The van der Waals surface area contributed by atoms with Crippen molar-refractivity contribution in [3.8, 4) is 0 Å². The highest BCUT2D eigenvalue weighted by atomic mass is 16.2. The Bertz CT molecular complexity index is 821. The van der Waals surface area contributed by atoms with Gasteiger partial charge >= 0.3 is 0 Å². The number of nitrogens with one attached hydrogen (secondary N) is 1. The van der Waals surface area contributed by atoms with E-state index in [1.165, 1.54) is 0 Å². The Morgan fingerprint density at radius 2 is 2.12 bits per heavy atom. The molecule has 26 heavy (non-hydrogen) atoms. The molecule has 140 valence electrons. The number of nitrogens with zero attached hydrogens (tertiary/aromatic N) is 4. The van der Waals surface area contributed by atoms with Crippen molar-refractivity contribution in [2.75, 3.05) is 19.6 Å². The first-order valence-electron chi connectivity index (χ1n) is 9.12. The minimum absolute atomic E-state index is 0.0232. The van der Waals surface area contributed by atoms with Gasteiger partial charge in [0.1, 0.15) is 0 Å². The van der Waals surface area contributed by atoms with Gasteiger partial charge in [-0.15, -0.1) is 0 Å². The van der Waals surface area contributed by atoms with Gasteiger partial charge in [-0.25, -0.2) is 9.67 Å². The van der Waals surface area contributed by atoms with Crippen molar-refractivity contribution in [3.05, 3.63) is 24.0 Å². The molecule has 1 atom stereocenters. The van der Waals surface area contributed by atoms with Gasteiger partial charge in [-0.05, 0) is 18.6 Å². The molecule has 1 saturated heterocycles. The molecule has 1 N–H and O–H groups in total. The fourth-order valence-electron chi connectivity index (χ4n) is 3.30. The van der Waals surface area contributed by atoms with Crippen LogP contribution in [0.25, 0.3) is 11.0 Å². The van der Waals surface area contributed by atoms with Crippen molar-refractivity contribution in [3.63, 3.8) is 0 Å². The lowest BCUT2D eigenvalue weighted by Crippen LogP contribution is -2.36. The highest BCUT2D eigenvalue weighted by Gasteiger charge is 2.29. The number of amides is 2. The zero-order valence-electron chi connectivity index (χ0n) is 16.0. The molecule has 0 aliphatic carbocycles. The summed E-state index contributed by atoms with van der Waals surface area (Å²) < 4.78 is 1.87. The molecule has 7 nitrogen and oxygen atoms in total. The minimum Gasteiger partial charge on any atom is -0.354 e. The van der Waals surface area contributed by atoms with Crippen molar-refractivity contribution in [1.29, 1.82) is 0 Å². The Balaban J connectivity index is 1.78. The summed E-state index contributed by atoms with van der Waals surface area (Å²) in [5.74, 6) is 0.366. The third kappa shape index (κ3) is 3.71. The van der Waals surface area contributed by atoms with E-state index in [1.807, 2.05) is 42.5 Å². The fourth-order valence-corrected chi connectivity index (χ4v) is 3.30. The maximum Gasteiger partial charge on any atom is 0.225 e. The van der Waals surface area contributed by atoms with Crippen LogP contribution in [0.3, 0.4) is 0 Å². The first-order chi connectivity index (χ1) is 12.3. The number of carbonyl (C=O) groups is 2. The lowest BCUT2D eigenvalue weighted by molar-refractivity contribution is -0.128. The van der Waals surface area contributed by atoms with Gasteiger partial charge in [-0.1, -0.05) is 20.8 Å². The summed E-state index contributed by atoms with van der Waals surface area (Å²) in [5.41, 5.74) is 1.42. The van der Waals surface area contributed by atoms with Crippen molar-refractivity contribution in [1.82, 2.24) is 25.0 Å². The van der Waals surface area contributed by atoms with E-state index in [4.69, 9.17) is 5.10 Å². The standard InChI is InChI=1S/C19H27N5O2/c1-13(25)23-10-7-14(12-23)16-15-6-5-8-20-17(15)24(22-16)11-9-21-18(26)19(2,3)4/h5-6,8,14H,7,9-12H2,1-4H3,(H,21,26)/t14-/m1/s1. The Kier molecular flexibility index (Phi) is 4.98. The van der Waals surface area contributed by atoms with Crippen LogP contribution in [0.2, 0.25) is 0 Å². The van der Waals surface area contributed by atoms with Gasteiger partial charge in [0, 0.05) is 49.5 Å². The van der Waals surface area contributed by atoms with Gasteiger partial charge in [0.2, 0.25) is 11.8 Å². The average Bonchev–Trinajstić information content (AvgIpc) is 3.19. The van der Waals surface area contributed by atoms with Crippen LogP contribution >= 0.6 is 0 Å². The summed E-state index contributed by atoms with van der Waals surface area (Å²) in [7, 11) is 0. The Morgan fingerprint density at radius 3 is 2.77 bits per heavy atom. The van der Waals surface area contributed by atoms with Crippen LogP contribution in [0, 0.1) is 5.41 Å². The molecule has 0 unspecified atom stereocenters. The second-order valence-electron chi connectivity index (χ2n) is 7.94. The molecule has 3 heterocycles. The molecular weight excluding hydrogens is 330 g/mol. The van der Waals surface area contributed by atoms with Gasteiger partial charge in [0.25, 0.3) is 0 Å². The van der Waals surface area contributed by atoms with Crippen molar-refractivity contribution >= 4 is 22.8 Å². The SMILES string of the molecule is CC(=O)N1CC[C@@H](c2nn(CCNC(=O)C(C)(C)C)c3ncccc23)C1. The zero-order chi connectivity index (χ0) is 18.9. The van der Waals surface area contributed by atoms with Crippen LogP contribution in [-0.2, 0) is 16.1 Å². The highest BCUT2D eigenvalue weighted by molar-refractivity contribution is 5.81. The van der Waals surface area contributed by atoms with Gasteiger partial charge in [-0.2, -0.15) is 5.10 Å². The molecule has 0 bridgehead atoms. The van der Waals surface area contributed by atoms with Gasteiger partial charge in [0.05, 0.1) is 12.2 Å². The number of carbonyl (C=O) groups excluding carboxylic acids is 2. The quantitative estimate of drug-likeness (QED) is 0.907. The molecule has 1 fully saturated rings. The lowest BCUT2D eigenvalue weighted by atomic mass is 9.96. The van der Waals surface area contributed by atoms with Gasteiger partial charge in [-0.3, -0.25) is 9.59 Å². The molecule has 0 saturated carbocycles. The number of aromatic nitrogens is 3. The summed E-state index contributed by atoms with van der Waals surface area (Å²) in [6.45, 7) is 9.85. The third-order valence-corrected chi connectivity index (χ3v) is 4.85. The molecule has 2 aromatic rings. The first kappa shape index (κ1) is 18.4. The largest absolute Gasteiger partial charge is 0.354 e. The van der Waals surface area contributed by atoms with Crippen LogP contribution in [0.1, 0.15) is 45.7 Å². The topological polar surface area (TPSA) is 80.1 Å². The number of pyridine rings is 1. The van der Waals surface area contributed by atoms with Crippen LogP contribution in [0.5, 0.6) is 0 Å². The van der Waals surface area contributed by atoms with E-state index in [1.54, 1.807) is 13.1 Å². The summed E-state index contributed by atoms with van der Waals surface area (Å²) in [6, 6.07) is 3.95. The number of likely N-dealkylation sites (tertiary alicyclic amines) is 1. The predicted molar refractivity (Wildman–Crippen MR) is 99.6 cm³/mol. The van der Waals surface area contributed by atoms with E-state index in [9.17, 15) is 9.59 Å². The molecule has 0 spiro atoms. The molecule has 3 rings (SSSR count). The van der Waals surface area contributed by atoms with E-state index in [0.717, 1.165) is 29.7 Å². The molecule has 7 heteroatoms. The van der Waals surface area contributed by atoms with Crippen molar-refractivity contribution in [2.45, 2.75) is 46.6 Å². The molecule has 2 aromatic heterocycles. The van der Waals surface area contributed by atoms with E-state index in [-0.39, 0.29) is 17.7 Å². The van der Waals surface area contributed by atoms with Crippen molar-refractivity contribution in [2.24, 2.45) is 5.41 Å². The van der Waals surface area contributed by atoms with Gasteiger partial charge in [0.15, 0.2) is 5.65 Å². The average molecular weight is 357 g/mol. The Hall–Kier alpha value is -2.44. The molecule has 1 aliphatic heterocycles. The number of hydrogen-bond donors (Lipinski definition) is 1. The summed E-state index contributed by atoms with van der Waals surface area (Å²) in [5, 5.41) is 8.78. The van der Waals surface area contributed by atoms with Crippen LogP contribution in [-0.4, -0.2) is 51.1 Å². The number of rotatable bonds is 4. The number of fused-ring (bicyclic) bond motifs is 1. The maximum absolute atomic E-state index is 12.0. The molecule has 0 radical (unpaired) electrons. The highest BCUT2D eigenvalue weighted by Crippen LogP contribution is 2.31. The second-order valence-corrected chi connectivity index (χ2v) is 7.94. The smallest absolute Gasteiger partial charge is 0.225 e. The fraction of sp³-hybridized carbons (Fsp3) is 0.579. The summed E-state index contributed by atoms with van der Waals surface area (Å²) in [4.78, 5) is 30.0. The summed E-state index contributed by atoms with van der Waals surface area (Å²) in [6.07, 6.45) is 2.68. The first-order valence-corrected chi connectivity index (χ1v) is 9.12.